The first-order valence-electron chi connectivity index (χ1n) is 5.67. The van der Waals surface area contributed by atoms with Crippen molar-refractivity contribution in [1.29, 1.82) is 0 Å². The number of hydrogen-bond donors (Lipinski definition) is 2. The third kappa shape index (κ3) is 3.21. The molecule has 0 radical (unpaired) electrons. The molecule has 1 unspecified atom stereocenters. The smallest absolute Gasteiger partial charge is 0.253 e. The lowest BCUT2D eigenvalue weighted by atomic mass is 10.1. The Morgan fingerprint density at radius 3 is 3.00 bits per heavy atom. The van der Waals surface area contributed by atoms with Crippen LogP contribution in [0, 0.1) is 5.82 Å². The zero-order valence-electron chi connectivity index (χ0n) is 10.2. The quantitative estimate of drug-likeness (QED) is 0.818. The van der Waals surface area contributed by atoms with Crippen LogP contribution in [0.3, 0.4) is 0 Å². The fraction of sp³-hybridized carbons (Fsp3) is 0.333. The van der Waals surface area contributed by atoms with Crippen LogP contribution in [0.25, 0.3) is 0 Å². The van der Waals surface area contributed by atoms with Gasteiger partial charge in [0, 0.05) is 17.7 Å². The molecule has 7 heteroatoms. The van der Waals surface area contributed by atoms with Crippen molar-refractivity contribution in [3.8, 4) is 0 Å². The fourth-order valence-electron chi connectivity index (χ4n) is 1.72. The molecular weight excluding hydrogens is 273 g/mol. The molecule has 1 fully saturated rings. The van der Waals surface area contributed by atoms with Crippen molar-refractivity contribution in [2.24, 2.45) is 4.99 Å². The highest BCUT2D eigenvalue weighted by atomic mass is 35.5. The maximum absolute atomic E-state index is 13.0. The van der Waals surface area contributed by atoms with Crippen LogP contribution in [0.4, 0.5) is 4.39 Å². The van der Waals surface area contributed by atoms with E-state index in [0.29, 0.717) is 24.7 Å². The minimum Gasteiger partial charge on any atom is -0.383 e. The number of rotatable bonds is 4. The predicted molar refractivity (Wildman–Crippen MR) is 69.6 cm³/mol. The van der Waals surface area contributed by atoms with Gasteiger partial charge in [-0.1, -0.05) is 17.7 Å². The van der Waals surface area contributed by atoms with Crippen LogP contribution in [0.1, 0.15) is 11.6 Å². The van der Waals surface area contributed by atoms with Crippen LogP contribution in [0.5, 0.6) is 0 Å². The zero-order chi connectivity index (χ0) is 13.8. The van der Waals surface area contributed by atoms with Crippen molar-refractivity contribution >= 4 is 23.5 Å². The van der Waals surface area contributed by atoms with Crippen LogP contribution in [-0.2, 0) is 9.53 Å². The summed E-state index contributed by atoms with van der Waals surface area (Å²) in [5.74, 6) is -0.349. The first-order valence-corrected chi connectivity index (χ1v) is 6.05. The van der Waals surface area contributed by atoms with E-state index in [2.05, 4.69) is 15.6 Å². The van der Waals surface area contributed by atoms with Crippen molar-refractivity contribution < 1.29 is 13.9 Å². The van der Waals surface area contributed by atoms with Crippen LogP contribution in [-0.4, -0.2) is 32.1 Å². The molecule has 19 heavy (non-hydrogen) atoms. The Balaban J connectivity index is 2.13. The molecule has 1 aromatic carbocycles. The number of nitrogens with zero attached hydrogens (tertiary/aromatic N) is 1. The highest BCUT2D eigenvalue weighted by Gasteiger charge is 2.31. The summed E-state index contributed by atoms with van der Waals surface area (Å²) in [6.45, 7) is 0.895. The molecule has 0 spiro atoms. The largest absolute Gasteiger partial charge is 0.383 e. The minimum atomic E-state index is -0.658. The van der Waals surface area contributed by atoms with E-state index in [1.165, 1.54) is 18.2 Å². The van der Waals surface area contributed by atoms with Gasteiger partial charge in [0.25, 0.3) is 5.91 Å². The Morgan fingerprint density at radius 2 is 2.32 bits per heavy atom. The predicted octanol–water partition coefficient (Wildman–Crippen LogP) is 1.24. The third-order valence-electron chi connectivity index (χ3n) is 2.62. The normalized spacial score (nSPS) is 20.5. The molecule has 1 amide bonds. The number of carbonyl (C=O) groups is 1. The van der Waals surface area contributed by atoms with Gasteiger partial charge >= 0.3 is 0 Å². The third-order valence-corrected chi connectivity index (χ3v) is 2.95. The Kier molecular flexibility index (Phi) is 4.34. The van der Waals surface area contributed by atoms with Crippen molar-refractivity contribution in [2.45, 2.75) is 6.04 Å². The van der Waals surface area contributed by atoms with Crippen LogP contribution < -0.4 is 10.6 Å². The van der Waals surface area contributed by atoms with E-state index in [4.69, 9.17) is 16.3 Å². The molecule has 102 valence electrons. The van der Waals surface area contributed by atoms with Gasteiger partial charge in [0.2, 0.25) is 0 Å². The summed E-state index contributed by atoms with van der Waals surface area (Å²) < 4.78 is 17.8. The fourth-order valence-corrected chi connectivity index (χ4v) is 1.99. The van der Waals surface area contributed by atoms with Crippen LogP contribution in [0.2, 0.25) is 5.02 Å². The van der Waals surface area contributed by atoms with E-state index in [0.717, 1.165) is 0 Å². The highest BCUT2D eigenvalue weighted by molar-refractivity contribution is 6.31. The number of guanidine groups is 1. The van der Waals surface area contributed by atoms with Gasteiger partial charge in [0.1, 0.15) is 11.9 Å². The molecule has 1 aliphatic heterocycles. The summed E-state index contributed by atoms with van der Waals surface area (Å²) in [6, 6.07) is 3.25. The Morgan fingerprint density at radius 1 is 1.53 bits per heavy atom. The van der Waals surface area contributed by atoms with E-state index in [-0.39, 0.29) is 10.9 Å². The monoisotopic (exact) mass is 285 g/mol. The number of hydrogen-bond acceptors (Lipinski definition) is 3. The van der Waals surface area contributed by atoms with E-state index in [1.807, 2.05) is 0 Å². The standard InChI is InChI=1S/C12H13ClFN3O2/c1-19-5-4-15-12-16-10(11(18)17-12)8-3-2-7(14)6-9(8)13/h2-3,6,10H,4-5H2,1H3,(H2,15,16,17,18). The van der Waals surface area contributed by atoms with Crippen molar-refractivity contribution in [2.75, 3.05) is 20.3 Å². The average Bonchev–Trinajstić information content (AvgIpc) is 2.71. The van der Waals surface area contributed by atoms with Gasteiger partial charge in [0.15, 0.2) is 5.96 Å². The van der Waals surface area contributed by atoms with Gasteiger partial charge in [-0.15, -0.1) is 0 Å². The number of amides is 1. The number of benzene rings is 1. The van der Waals surface area contributed by atoms with E-state index in [1.54, 1.807) is 7.11 Å². The maximum atomic E-state index is 13.0. The molecule has 1 aromatic rings. The second-order valence-corrected chi connectivity index (χ2v) is 4.36. The number of halogens is 2. The number of carbonyl (C=O) groups excluding carboxylic acids is 1. The second-order valence-electron chi connectivity index (χ2n) is 3.96. The molecule has 0 bridgehead atoms. The van der Waals surface area contributed by atoms with E-state index in [9.17, 15) is 9.18 Å². The summed E-state index contributed by atoms with van der Waals surface area (Å²) >= 11 is 5.93. The lowest BCUT2D eigenvalue weighted by Crippen LogP contribution is -2.26. The van der Waals surface area contributed by atoms with Gasteiger partial charge in [-0.3, -0.25) is 15.1 Å². The van der Waals surface area contributed by atoms with Crippen molar-refractivity contribution in [3.63, 3.8) is 0 Å². The van der Waals surface area contributed by atoms with Gasteiger partial charge in [0.05, 0.1) is 13.2 Å². The Hall–Kier alpha value is -1.66. The zero-order valence-corrected chi connectivity index (χ0v) is 11.0. The molecule has 1 heterocycles. The Bertz CT molecular complexity index is 522. The molecular formula is C12H13ClFN3O2. The number of nitrogens with one attached hydrogen (secondary N) is 2. The van der Waals surface area contributed by atoms with Gasteiger partial charge in [-0.05, 0) is 12.1 Å². The van der Waals surface area contributed by atoms with E-state index < -0.39 is 11.9 Å². The van der Waals surface area contributed by atoms with Crippen LogP contribution in [0.15, 0.2) is 23.2 Å². The second kappa shape index (κ2) is 5.99. The van der Waals surface area contributed by atoms with Crippen LogP contribution >= 0.6 is 11.6 Å². The maximum Gasteiger partial charge on any atom is 0.253 e. The van der Waals surface area contributed by atoms with Gasteiger partial charge in [-0.2, -0.15) is 0 Å². The lowest BCUT2D eigenvalue weighted by molar-refractivity contribution is -0.120. The highest BCUT2D eigenvalue weighted by Crippen LogP contribution is 2.25. The first kappa shape index (κ1) is 13.8. The molecule has 2 N–H and O–H groups in total. The minimum absolute atomic E-state index is 0.200. The van der Waals surface area contributed by atoms with Gasteiger partial charge in [-0.25, -0.2) is 4.39 Å². The van der Waals surface area contributed by atoms with E-state index >= 15 is 0 Å². The molecule has 1 atom stereocenters. The summed E-state index contributed by atoms with van der Waals surface area (Å²) in [7, 11) is 1.57. The van der Waals surface area contributed by atoms with Crippen molar-refractivity contribution in [3.05, 3.63) is 34.6 Å². The SMILES string of the molecule is COCCN=C1NC(=O)C(c2ccc(F)cc2Cl)N1. The number of methoxy groups -OCH3 is 1. The summed E-state index contributed by atoms with van der Waals surface area (Å²) in [5, 5.41) is 5.70. The molecule has 0 aromatic heterocycles. The molecule has 2 rings (SSSR count). The Labute approximate surface area is 114 Å². The molecule has 1 saturated heterocycles. The summed E-state index contributed by atoms with van der Waals surface area (Å²) in [5.41, 5.74) is 0.512. The van der Waals surface area contributed by atoms with Crippen molar-refractivity contribution in [1.82, 2.24) is 10.6 Å². The topological polar surface area (TPSA) is 62.7 Å². The number of ether oxygens (including phenoxy) is 1. The molecule has 0 aliphatic carbocycles. The number of aliphatic imine (C=N–C) groups is 1. The molecule has 5 nitrogen and oxygen atoms in total. The summed E-state index contributed by atoms with van der Waals surface area (Å²) in [6.07, 6.45) is 0. The molecule has 0 saturated carbocycles. The first-order chi connectivity index (χ1) is 9.11. The van der Waals surface area contributed by atoms with Gasteiger partial charge < -0.3 is 10.1 Å². The lowest BCUT2D eigenvalue weighted by Gasteiger charge is -2.10. The molecule has 1 aliphatic rings. The average molecular weight is 286 g/mol. The summed E-state index contributed by atoms with van der Waals surface area (Å²) in [4.78, 5) is 15.9.